The lowest BCUT2D eigenvalue weighted by molar-refractivity contribution is 0.764. The van der Waals surface area contributed by atoms with Gasteiger partial charge in [0.2, 0.25) is 0 Å². The van der Waals surface area contributed by atoms with Crippen molar-refractivity contribution in [1.29, 1.82) is 0 Å². The van der Waals surface area contributed by atoms with Gasteiger partial charge in [0.25, 0.3) is 0 Å². The van der Waals surface area contributed by atoms with E-state index in [1.807, 2.05) is 0 Å². The van der Waals surface area contributed by atoms with E-state index in [2.05, 4.69) is 36.8 Å². The third kappa shape index (κ3) is 0.626. The molecule has 3 nitrogen and oxygen atoms in total. The summed E-state index contributed by atoms with van der Waals surface area (Å²) in [6.07, 6.45) is 0. The summed E-state index contributed by atoms with van der Waals surface area (Å²) < 4.78 is 1.53. The molecule has 0 atom stereocenters. The molecule has 8 heavy (non-hydrogen) atoms. The van der Waals surface area contributed by atoms with Gasteiger partial charge in [0.05, 0.1) is 0 Å². The molecular weight excluding hydrogens is 122 g/mol. The van der Waals surface area contributed by atoms with Crippen LogP contribution >= 0.6 is 12.8 Å². The molecule has 1 heterocycles. The third-order valence-electron chi connectivity index (χ3n) is 0.862. The summed E-state index contributed by atoms with van der Waals surface area (Å²) >= 11 is 3.99. The summed E-state index contributed by atoms with van der Waals surface area (Å²) in [5.41, 5.74) is 5.45. The van der Waals surface area contributed by atoms with E-state index >= 15 is 0 Å². The maximum Gasteiger partial charge on any atom is 0.129 e. The molecule has 1 saturated heterocycles. The summed E-state index contributed by atoms with van der Waals surface area (Å²) in [6.45, 7) is 7.20. The van der Waals surface area contributed by atoms with Crippen molar-refractivity contribution in [1.82, 2.24) is 15.2 Å². The van der Waals surface area contributed by atoms with Crippen molar-refractivity contribution in [2.45, 2.75) is 0 Å². The Labute approximate surface area is 53.6 Å². The first-order valence-corrected chi connectivity index (χ1v) is 2.50. The van der Waals surface area contributed by atoms with E-state index in [4.69, 9.17) is 0 Å². The summed E-state index contributed by atoms with van der Waals surface area (Å²) in [7, 11) is 0. The second kappa shape index (κ2) is 1.63. The number of rotatable bonds is 0. The fourth-order valence-electron chi connectivity index (χ4n) is 0.413. The van der Waals surface area contributed by atoms with Crippen molar-refractivity contribution in [3.8, 4) is 0 Å². The van der Waals surface area contributed by atoms with Gasteiger partial charge in [-0.1, -0.05) is 26.0 Å². The first-order chi connectivity index (χ1) is 3.72. The highest BCUT2D eigenvalue weighted by atomic mass is 32.1. The number of hydrogen-bond donors (Lipinski definition) is 3. The Morgan fingerprint density at radius 1 is 1.25 bits per heavy atom. The summed E-state index contributed by atoms with van der Waals surface area (Å²) in [5, 5.41) is 0. The van der Waals surface area contributed by atoms with Crippen LogP contribution in [0.15, 0.2) is 24.8 Å². The lowest BCUT2D eigenvalue weighted by Crippen LogP contribution is -2.18. The van der Waals surface area contributed by atoms with Gasteiger partial charge in [-0.05, 0) is 0 Å². The van der Waals surface area contributed by atoms with Crippen LogP contribution in [0.25, 0.3) is 0 Å². The maximum absolute atomic E-state index is 3.99. The molecule has 0 aromatic carbocycles. The van der Waals surface area contributed by atoms with E-state index in [0.29, 0.717) is 11.6 Å². The van der Waals surface area contributed by atoms with Crippen molar-refractivity contribution >= 4 is 12.8 Å². The number of hydrazine groups is 1. The fraction of sp³-hybridized carbons (Fsp3) is 0. The molecule has 0 bridgehead atoms. The molecule has 1 aliphatic heterocycles. The van der Waals surface area contributed by atoms with Crippen molar-refractivity contribution < 1.29 is 0 Å². The monoisotopic (exact) mass is 129 g/mol. The molecule has 0 spiro atoms. The first-order valence-electron chi connectivity index (χ1n) is 2.10. The molecule has 0 radical (unpaired) electrons. The Morgan fingerprint density at radius 3 is 1.75 bits per heavy atom. The number of nitrogens with one attached hydrogen (secondary N) is 2. The lowest BCUT2D eigenvalue weighted by atomic mass is 10.8. The normalized spacial score (nSPS) is 18.4. The van der Waals surface area contributed by atoms with Crippen LogP contribution in [-0.4, -0.2) is 4.31 Å². The molecule has 0 aliphatic carbocycles. The highest BCUT2D eigenvalue weighted by molar-refractivity contribution is 7.78. The van der Waals surface area contributed by atoms with E-state index in [0.717, 1.165) is 0 Å². The Kier molecular flexibility index (Phi) is 1.09. The van der Waals surface area contributed by atoms with E-state index in [1.165, 1.54) is 4.31 Å². The summed E-state index contributed by atoms with van der Waals surface area (Å²) in [4.78, 5) is 0. The number of thiol groups is 1. The van der Waals surface area contributed by atoms with E-state index in [1.54, 1.807) is 0 Å². The largest absolute Gasteiger partial charge is 0.284 e. The summed E-state index contributed by atoms with van der Waals surface area (Å²) in [5.74, 6) is 1.39. The Morgan fingerprint density at radius 2 is 1.62 bits per heavy atom. The number of hydrogen-bond acceptors (Lipinski definition) is 4. The highest BCUT2D eigenvalue weighted by Crippen LogP contribution is 2.11. The minimum absolute atomic E-state index is 0.693. The minimum atomic E-state index is 0.693. The molecule has 4 heteroatoms. The highest BCUT2D eigenvalue weighted by Gasteiger charge is 2.12. The van der Waals surface area contributed by atoms with Crippen molar-refractivity contribution in [3.05, 3.63) is 24.8 Å². The number of nitrogens with zero attached hydrogens (tertiary/aromatic N) is 1. The van der Waals surface area contributed by atoms with Crippen LogP contribution in [0.5, 0.6) is 0 Å². The molecule has 0 aromatic rings. The van der Waals surface area contributed by atoms with E-state index < -0.39 is 0 Å². The first kappa shape index (κ1) is 5.37. The molecule has 2 N–H and O–H groups in total. The molecule has 1 fully saturated rings. The predicted molar refractivity (Wildman–Crippen MR) is 35.4 cm³/mol. The van der Waals surface area contributed by atoms with Gasteiger partial charge < -0.3 is 0 Å². The zero-order valence-electron chi connectivity index (χ0n) is 4.31. The van der Waals surface area contributed by atoms with Gasteiger partial charge in [-0.2, -0.15) is 0 Å². The zero-order valence-corrected chi connectivity index (χ0v) is 5.20. The molecule has 44 valence electrons. The van der Waals surface area contributed by atoms with Crippen molar-refractivity contribution in [3.63, 3.8) is 0 Å². The van der Waals surface area contributed by atoms with E-state index in [-0.39, 0.29) is 0 Å². The Hall–Kier alpha value is -0.770. The van der Waals surface area contributed by atoms with Crippen LogP contribution < -0.4 is 10.9 Å². The summed E-state index contributed by atoms with van der Waals surface area (Å²) in [6, 6.07) is 0. The van der Waals surface area contributed by atoms with Gasteiger partial charge >= 0.3 is 0 Å². The predicted octanol–water partition coefficient (Wildman–Crippen LogP) is 0.183. The fourth-order valence-corrected chi connectivity index (χ4v) is 0.513. The minimum Gasteiger partial charge on any atom is -0.284 e. The molecule has 0 amide bonds. The van der Waals surface area contributed by atoms with Gasteiger partial charge in [0.1, 0.15) is 11.6 Å². The van der Waals surface area contributed by atoms with Crippen LogP contribution in [0, 0.1) is 0 Å². The van der Waals surface area contributed by atoms with Gasteiger partial charge in [-0.3, -0.25) is 15.2 Å². The second-order valence-electron chi connectivity index (χ2n) is 1.46. The molecule has 1 aliphatic rings. The molecule has 0 saturated carbocycles. The van der Waals surface area contributed by atoms with Crippen LogP contribution in [-0.2, 0) is 0 Å². The van der Waals surface area contributed by atoms with Gasteiger partial charge in [-0.15, -0.1) is 0 Å². The van der Waals surface area contributed by atoms with Crippen LogP contribution in [0.1, 0.15) is 0 Å². The average molecular weight is 129 g/mol. The third-order valence-corrected chi connectivity index (χ3v) is 1.35. The smallest absolute Gasteiger partial charge is 0.129 e. The second-order valence-corrected chi connectivity index (χ2v) is 1.86. The Bertz CT molecular complexity index is 126. The SMILES string of the molecule is C=C1NNC(=C)N1S. The maximum atomic E-state index is 3.99. The molecule has 1 rings (SSSR count). The van der Waals surface area contributed by atoms with Crippen LogP contribution in [0.4, 0.5) is 0 Å². The van der Waals surface area contributed by atoms with Crippen LogP contribution in [0.2, 0.25) is 0 Å². The van der Waals surface area contributed by atoms with Crippen LogP contribution in [0.3, 0.4) is 0 Å². The van der Waals surface area contributed by atoms with Crippen molar-refractivity contribution in [2.75, 3.05) is 0 Å². The lowest BCUT2D eigenvalue weighted by Gasteiger charge is -2.04. The molecular formula is C4H7N3S. The van der Waals surface area contributed by atoms with Gasteiger partial charge in [-0.25, -0.2) is 0 Å². The standard InChI is InChI=1S/C4H7N3S/c1-3-5-6-4(2)7(3)8/h5-6,8H,1-2H2. The van der Waals surface area contributed by atoms with Gasteiger partial charge in [0.15, 0.2) is 0 Å². The van der Waals surface area contributed by atoms with Gasteiger partial charge in [0, 0.05) is 0 Å². The van der Waals surface area contributed by atoms with Crippen molar-refractivity contribution in [2.24, 2.45) is 0 Å². The zero-order chi connectivity index (χ0) is 6.15. The molecule has 0 unspecified atom stereocenters. The average Bonchev–Trinajstić information content (AvgIpc) is 1.98. The topological polar surface area (TPSA) is 27.3 Å². The van der Waals surface area contributed by atoms with E-state index in [9.17, 15) is 0 Å². The quantitative estimate of drug-likeness (QED) is 0.407. The molecule has 0 aromatic heterocycles. The Balaban J connectivity index is 2.70.